The highest BCUT2D eigenvalue weighted by Crippen LogP contribution is 2.41. The van der Waals surface area contributed by atoms with Crippen molar-refractivity contribution in [1.82, 2.24) is 5.32 Å². The molecule has 0 saturated carbocycles. The average molecular weight is 642 g/mol. The van der Waals surface area contributed by atoms with Crippen molar-refractivity contribution in [3.05, 3.63) is 72.6 Å². The third-order valence-corrected chi connectivity index (χ3v) is 6.76. The Balaban J connectivity index is 2.15. The number of benzene rings is 2. The first-order valence-corrected chi connectivity index (χ1v) is 12.0. The molecule has 0 aliphatic heterocycles. The lowest BCUT2D eigenvalue weighted by molar-refractivity contribution is -0.139. The average Bonchev–Trinajstić information content (AvgIpc) is 2.73. The number of thiocarbonyl (C=S) groups is 1. The summed E-state index contributed by atoms with van der Waals surface area (Å²) in [5.74, 6) is -2.43. The second-order valence-electron chi connectivity index (χ2n) is 7.23. The SMILES string of the molecule is O=C(CCC(=S)NCC(F)(F)F)c1ccc(/C=C/C(c2cc(Cl)c(Cl)c(Cl)c2)C(F)(F)F)cc1Br. The lowest BCUT2D eigenvalue weighted by Crippen LogP contribution is -2.32. The molecule has 0 aromatic heterocycles. The van der Waals surface area contributed by atoms with Crippen molar-refractivity contribution in [2.45, 2.75) is 31.1 Å². The smallest absolute Gasteiger partial charge is 0.371 e. The van der Waals surface area contributed by atoms with Crippen LogP contribution in [0.15, 0.2) is 40.9 Å². The predicted octanol–water partition coefficient (Wildman–Crippen LogP) is 9.21. The largest absolute Gasteiger partial charge is 0.405 e. The fourth-order valence-electron chi connectivity index (χ4n) is 2.88. The Morgan fingerprint density at radius 3 is 2.14 bits per heavy atom. The van der Waals surface area contributed by atoms with E-state index in [0.717, 1.165) is 18.2 Å². The number of Topliss-reactive ketones (excluding diaryl/α,β-unsaturated/α-hetero) is 1. The van der Waals surface area contributed by atoms with Crippen LogP contribution in [0.1, 0.15) is 40.2 Å². The second kappa shape index (κ2) is 12.3. The highest BCUT2D eigenvalue weighted by Gasteiger charge is 2.39. The number of hydrogen-bond acceptors (Lipinski definition) is 2. The Morgan fingerprint density at radius 2 is 1.63 bits per heavy atom. The van der Waals surface area contributed by atoms with Gasteiger partial charge in [0.15, 0.2) is 5.78 Å². The summed E-state index contributed by atoms with van der Waals surface area (Å²) in [6, 6.07) is 6.45. The van der Waals surface area contributed by atoms with Gasteiger partial charge in [0.25, 0.3) is 0 Å². The standard InChI is InChI=1S/C22H15BrCl3F6NOS/c23-15-7-11(1-3-13(15)18(34)5-6-19(35)33-10-21(27,28)29)2-4-14(22(30,31)32)12-8-16(24)20(26)17(25)9-12/h1-4,7-9,14H,5-6,10H2,(H,33,35)/b4-2+. The van der Waals surface area contributed by atoms with E-state index in [1.165, 1.54) is 24.3 Å². The minimum absolute atomic E-state index is 0.0527. The van der Waals surface area contributed by atoms with E-state index in [-0.39, 0.29) is 44.0 Å². The molecule has 0 aliphatic carbocycles. The first-order chi connectivity index (χ1) is 16.1. The lowest BCUT2D eigenvalue weighted by Gasteiger charge is -2.18. The molecular formula is C22H15BrCl3F6NOS. The van der Waals surface area contributed by atoms with Gasteiger partial charge in [0.05, 0.1) is 26.0 Å². The molecule has 1 atom stereocenters. The molecule has 0 fully saturated rings. The molecule has 2 nitrogen and oxygen atoms in total. The Labute approximate surface area is 225 Å². The highest BCUT2D eigenvalue weighted by atomic mass is 79.9. The molecule has 0 saturated heterocycles. The Hall–Kier alpha value is -1.33. The van der Waals surface area contributed by atoms with Gasteiger partial charge in [-0.3, -0.25) is 4.79 Å². The number of alkyl halides is 6. The molecule has 0 radical (unpaired) electrons. The van der Waals surface area contributed by atoms with Crippen LogP contribution < -0.4 is 5.32 Å². The van der Waals surface area contributed by atoms with Crippen LogP contribution in [-0.2, 0) is 0 Å². The topological polar surface area (TPSA) is 29.1 Å². The maximum Gasteiger partial charge on any atom is 0.405 e. The number of carbonyl (C=O) groups is 1. The van der Waals surface area contributed by atoms with Crippen molar-refractivity contribution in [3.8, 4) is 0 Å². The zero-order valence-electron chi connectivity index (χ0n) is 17.3. The van der Waals surface area contributed by atoms with Gasteiger partial charge in [0.1, 0.15) is 6.54 Å². The summed E-state index contributed by atoms with van der Waals surface area (Å²) in [6.07, 6.45) is -7.17. The molecule has 2 rings (SSSR count). The zero-order valence-corrected chi connectivity index (χ0v) is 22.0. The third kappa shape index (κ3) is 9.24. The van der Waals surface area contributed by atoms with Gasteiger partial charge in [-0.1, -0.05) is 81.2 Å². The zero-order chi connectivity index (χ0) is 26.6. The van der Waals surface area contributed by atoms with Gasteiger partial charge in [-0.05, 0) is 35.4 Å². The van der Waals surface area contributed by atoms with Crippen LogP contribution in [0.2, 0.25) is 15.1 Å². The van der Waals surface area contributed by atoms with E-state index >= 15 is 0 Å². The summed E-state index contributed by atoms with van der Waals surface area (Å²) in [4.78, 5) is 12.3. The van der Waals surface area contributed by atoms with E-state index in [0.29, 0.717) is 10.0 Å². The van der Waals surface area contributed by atoms with Gasteiger partial charge in [-0.25, -0.2) is 0 Å². The van der Waals surface area contributed by atoms with Crippen molar-refractivity contribution in [2.75, 3.05) is 6.54 Å². The quantitative estimate of drug-likeness (QED) is 0.135. The molecule has 35 heavy (non-hydrogen) atoms. The Kier molecular flexibility index (Phi) is 10.5. The molecule has 1 N–H and O–H groups in total. The number of nitrogens with one attached hydrogen (secondary N) is 1. The van der Waals surface area contributed by atoms with E-state index in [1.54, 1.807) is 0 Å². The van der Waals surface area contributed by atoms with Crippen LogP contribution in [0, 0.1) is 0 Å². The number of ketones is 1. The number of allylic oxidation sites excluding steroid dienone is 1. The number of carbonyl (C=O) groups excluding carboxylic acids is 1. The second-order valence-corrected chi connectivity index (χ2v) is 9.77. The summed E-state index contributed by atoms with van der Waals surface area (Å²) in [7, 11) is 0. The molecule has 0 amide bonds. The normalized spacial score (nSPS) is 13.2. The van der Waals surface area contributed by atoms with Gasteiger partial charge in [0.2, 0.25) is 0 Å². The van der Waals surface area contributed by atoms with Crippen molar-refractivity contribution in [2.24, 2.45) is 0 Å². The van der Waals surface area contributed by atoms with Crippen LogP contribution in [0.25, 0.3) is 6.08 Å². The van der Waals surface area contributed by atoms with Gasteiger partial charge in [0, 0.05) is 22.9 Å². The minimum Gasteiger partial charge on any atom is -0.371 e. The van der Waals surface area contributed by atoms with E-state index in [2.05, 4.69) is 15.9 Å². The molecule has 190 valence electrons. The summed E-state index contributed by atoms with van der Waals surface area (Å²) in [5.41, 5.74) is 0.370. The van der Waals surface area contributed by atoms with Crippen molar-refractivity contribution in [1.29, 1.82) is 0 Å². The number of hydrogen-bond donors (Lipinski definition) is 1. The fraction of sp³-hybridized carbons (Fsp3) is 0.273. The van der Waals surface area contributed by atoms with E-state index in [1.807, 2.05) is 5.32 Å². The Morgan fingerprint density at radius 1 is 1.03 bits per heavy atom. The van der Waals surface area contributed by atoms with Crippen LogP contribution in [0.4, 0.5) is 26.3 Å². The molecule has 0 spiro atoms. The lowest BCUT2D eigenvalue weighted by atomic mass is 9.96. The van der Waals surface area contributed by atoms with Crippen molar-refractivity contribution in [3.63, 3.8) is 0 Å². The van der Waals surface area contributed by atoms with Gasteiger partial charge in [-0.2, -0.15) is 26.3 Å². The number of rotatable bonds is 8. The molecule has 2 aromatic rings. The maximum atomic E-state index is 13.7. The predicted molar refractivity (Wildman–Crippen MR) is 134 cm³/mol. The molecule has 0 bridgehead atoms. The van der Waals surface area contributed by atoms with Gasteiger partial charge in [-0.15, -0.1) is 0 Å². The first-order valence-electron chi connectivity index (χ1n) is 9.64. The van der Waals surface area contributed by atoms with Crippen LogP contribution in [0.5, 0.6) is 0 Å². The van der Waals surface area contributed by atoms with Gasteiger partial charge < -0.3 is 5.32 Å². The van der Waals surface area contributed by atoms with E-state index in [4.69, 9.17) is 47.0 Å². The third-order valence-electron chi connectivity index (χ3n) is 4.56. The maximum absolute atomic E-state index is 13.7. The summed E-state index contributed by atoms with van der Waals surface area (Å²) in [6.45, 7) is -1.29. The number of halogens is 10. The molecular weight excluding hydrogens is 627 g/mol. The molecule has 2 aromatic carbocycles. The van der Waals surface area contributed by atoms with Crippen LogP contribution in [0.3, 0.4) is 0 Å². The Bertz CT molecular complexity index is 1110. The molecule has 0 heterocycles. The van der Waals surface area contributed by atoms with Crippen LogP contribution in [-0.4, -0.2) is 29.7 Å². The monoisotopic (exact) mass is 639 g/mol. The van der Waals surface area contributed by atoms with E-state index < -0.39 is 30.6 Å². The minimum atomic E-state index is -4.65. The van der Waals surface area contributed by atoms with Crippen molar-refractivity contribution >= 4 is 79.8 Å². The highest BCUT2D eigenvalue weighted by molar-refractivity contribution is 9.10. The fourth-order valence-corrected chi connectivity index (χ4v) is 4.29. The molecule has 1 unspecified atom stereocenters. The van der Waals surface area contributed by atoms with Crippen molar-refractivity contribution < 1.29 is 31.1 Å². The molecule has 0 aliphatic rings. The summed E-state index contributed by atoms with van der Waals surface area (Å²) >= 11 is 25.6. The summed E-state index contributed by atoms with van der Waals surface area (Å²) < 4.78 is 78.0. The summed E-state index contributed by atoms with van der Waals surface area (Å²) in [5, 5.41) is 1.75. The van der Waals surface area contributed by atoms with E-state index in [9.17, 15) is 31.1 Å². The molecule has 13 heteroatoms. The van der Waals surface area contributed by atoms with Crippen LogP contribution >= 0.6 is 63.0 Å². The first kappa shape index (κ1) is 29.9. The van der Waals surface area contributed by atoms with Gasteiger partial charge >= 0.3 is 12.4 Å².